The number of nitrogens with zero attached hydrogens (tertiary/aromatic N) is 1. The van der Waals surface area contributed by atoms with Crippen molar-refractivity contribution in [1.82, 2.24) is 0 Å². The van der Waals surface area contributed by atoms with Crippen LogP contribution in [0.3, 0.4) is 0 Å². The number of hydrogen-bond donors (Lipinski definition) is 0. The number of carbonyl (C=O) groups excluding carboxylic acids is 1. The van der Waals surface area contributed by atoms with Crippen LogP contribution in [0.1, 0.15) is 11.1 Å². The van der Waals surface area contributed by atoms with Gasteiger partial charge in [-0.05, 0) is 23.8 Å². The molecule has 2 aromatic rings. The fourth-order valence-corrected chi connectivity index (χ4v) is 2.16. The van der Waals surface area contributed by atoms with E-state index in [0.717, 1.165) is 6.08 Å². The molecule has 0 spiro atoms. The standard InChI is InChI=1S/C17H12ClF2NO5/c18-13-7-5-11(9-14(13)21(23)24)6-8-16(22)25-10-12-3-1-2-4-15(12)26-17(19)20/h1-9,17H,10H2/b8-6+. The van der Waals surface area contributed by atoms with Crippen LogP contribution in [0.25, 0.3) is 6.08 Å². The summed E-state index contributed by atoms with van der Waals surface area (Å²) in [5, 5.41) is 10.8. The van der Waals surface area contributed by atoms with Crippen LogP contribution in [-0.4, -0.2) is 17.5 Å². The van der Waals surface area contributed by atoms with Gasteiger partial charge in [0.25, 0.3) is 5.69 Å². The molecule has 2 aromatic carbocycles. The monoisotopic (exact) mass is 383 g/mol. The van der Waals surface area contributed by atoms with Gasteiger partial charge in [0.2, 0.25) is 0 Å². The van der Waals surface area contributed by atoms with Crippen molar-refractivity contribution in [3.63, 3.8) is 0 Å². The van der Waals surface area contributed by atoms with E-state index in [9.17, 15) is 23.7 Å². The minimum absolute atomic E-state index is 0.0228. The molecule has 0 bridgehead atoms. The number of carbonyl (C=O) groups is 1. The first-order valence-corrected chi connectivity index (χ1v) is 7.56. The number of benzene rings is 2. The lowest BCUT2D eigenvalue weighted by Crippen LogP contribution is -2.06. The second kappa shape index (κ2) is 8.91. The Morgan fingerprint density at radius 3 is 2.69 bits per heavy atom. The van der Waals surface area contributed by atoms with Gasteiger partial charge < -0.3 is 9.47 Å². The van der Waals surface area contributed by atoms with E-state index in [1.165, 1.54) is 42.5 Å². The number of nitro groups is 1. The topological polar surface area (TPSA) is 78.7 Å². The van der Waals surface area contributed by atoms with Crippen molar-refractivity contribution in [2.45, 2.75) is 13.2 Å². The zero-order chi connectivity index (χ0) is 19.1. The Labute approximate surface area is 151 Å². The molecule has 0 unspecified atom stereocenters. The Bertz CT molecular complexity index is 842. The van der Waals surface area contributed by atoms with Crippen LogP contribution in [0.4, 0.5) is 14.5 Å². The highest BCUT2D eigenvalue weighted by Crippen LogP contribution is 2.25. The van der Waals surface area contributed by atoms with Gasteiger partial charge in [0.1, 0.15) is 17.4 Å². The quantitative estimate of drug-likeness (QED) is 0.302. The number of halogens is 3. The Morgan fingerprint density at radius 2 is 2.00 bits per heavy atom. The molecule has 0 aliphatic carbocycles. The third-order valence-electron chi connectivity index (χ3n) is 3.14. The van der Waals surface area contributed by atoms with Crippen molar-refractivity contribution >= 4 is 29.3 Å². The van der Waals surface area contributed by atoms with Crippen LogP contribution in [0.15, 0.2) is 48.5 Å². The summed E-state index contributed by atoms with van der Waals surface area (Å²) in [5.74, 6) is -0.845. The molecule has 2 rings (SSSR count). The van der Waals surface area contributed by atoms with E-state index in [1.54, 1.807) is 6.07 Å². The van der Waals surface area contributed by atoms with Gasteiger partial charge in [0, 0.05) is 17.7 Å². The van der Waals surface area contributed by atoms with E-state index in [1.807, 2.05) is 0 Å². The number of para-hydroxylation sites is 1. The van der Waals surface area contributed by atoms with Gasteiger partial charge >= 0.3 is 12.6 Å². The summed E-state index contributed by atoms with van der Waals surface area (Å²) < 4.78 is 34.0. The average molecular weight is 384 g/mol. The van der Waals surface area contributed by atoms with Gasteiger partial charge in [0.15, 0.2) is 0 Å². The van der Waals surface area contributed by atoms with Crippen molar-refractivity contribution in [2.75, 3.05) is 0 Å². The predicted molar refractivity (Wildman–Crippen MR) is 90.0 cm³/mol. The second-order valence-electron chi connectivity index (χ2n) is 4.90. The highest BCUT2D eigenvalue weighted by atomic mass is 35.5. The van der Waals surface area contributed by atoms with E-state index in [2.05, 4.69) is 4.74 Å². The minimum Gasteiger partial charge on any atom is -0.458 e. The molecule has 0 aliphatic heterocycles. The SMILES string of the molecule is O=C(/C=C/c1ccc(Cl)c([N+](=O)[O-])c1)OCc1ccccc1OC(F)F. The maximum absolute atomic E-state index is 12.3. The molecule has 0 heterocycles. The van der Waals surface area contributed by atoms with Gasteiger partial charge in [-0.1, -0.05) is 35.9 Å². The van der Waals surface area contributed by atoms with Crippen LogP contribution in [0, 0.1) is 10.1 Å². The summed E-state index contributed by atoms with van der Waals surface area (Å²) in [6, 6.07) is 9.95. The average Bonchev–Trinajstić information content (AvgIpc) is 2.59. The molecule has 26 heavy (non-hydrogen) atoms. The van der Waals surface area contributed by atoms with Crippen LogP contribution in [0.2, 0.25) is 5.02 Å². The number of ether oxygens (including phenoxy) is 2. The number of hydrogen-bond acceptors (Lipinski definition) is 5. The van der Waals surface area contributed by atoms with E-state index < -0.39 is 17.5 Å². The molecule has 0 atom stereocenters. The van der Waals surface area contributed by atoms with Crippen molar-refractivity contribution in [2.24, 2.45) is 0 Å². The highest BCUT2D eigenvalue weighted by molar-refractivity contribution is 6.32. The molecule has 0 aliphatic rings. The van der Waals surface area contributed by atoms with Gasteiger partial charge in [-0.15, -0.1) is 0 Å². The first-order valence-electron chi connectivity index (χ1n) is 7.18. The summed E-state index contributed by atoms with van der Waals surface area (Å²) in [7, 11) is 0. The molecule has 0 amide bonds. The highest BCUT2D eigenvalue weighted by Gasteiger charge is 2.12. The van der Waals surface area contributed by atoms with Crippen LogP contribution >= 0.6 is 11.6 Å². The lowest BCUT2D eigenvalue weighted by molar-refractivity contribution is -0.384. The zero-order valence-electron chi connectivity index (χ0n) is 13.1. The Kier molecular flexibility index (Phi) is 6.62. The summed E-state index contributed by atoms with van der Waals surface area (Å²) in [4.78, 5) is 21.9. The van der Waals surface area contributed by atoms with Crippen LogP contribution in [0.5, 0.6) is 5.75 Å². The van der Waals surface area contributed by atoms with Gasteiger partial charge in [0.05, 0.1) is 4.92 Å². The number of rotatable bonds is 7. The largest absolute Gasteiger partial charge is 0.458 e. The zero-order valence-corrected chi connectivity index (χ0v) is 13.9. The molecule has 6 nitrogen and oxygen atoms in total. The third kappa shape index (κ3) is 5.52. The molecule has 136 valence electrons. The van der Waals surface area contributed by atoms with Crippen molar-refractivity contribution < 1.29 is 28.0 Å². The molecular formula is C17H12ClF2NO5. The minimum atomic E-state index is -2.99. The fraction of sp³-hybridized carbons (Fsp3) is 0.118. The maximum Gasteiger partial charge on any atom is 0.387 e. The Balaban J connectivity index is 2.00. The molecule has 0 aromatic heterocycles. The molecule has 9 heteroatoms. The fourth-order valence-electron chi connectivity index (χ4n) is 1.97. The number of alkyl halides is 2. The molecule has 0 saturated carbocycles. The Morgan fingerprint density at radius 1 is 1.27 bits per heavy atom. The van der Waals surface area contributed by atoms with Gasteiger partial charge in [-0.25, -0.2) is 4.79 Å². The molecular weight excluding hydrogens is 372 g/mol. The summed E-state index contributed by atoms with van der Waals surface area (Å²) in [6.45, 7) is -3.26. The number of nitro benzene ring substituents is 1. The summed E-state index contributed by atoms with van der Waals surface area (Å²) in [5.41, 5.74) is 0.358. The smallest absolute Gasteiger partial charge is 0.387 e. The van der Waals surface area contributed by atoms with Crippen LogP contribution in [-0.2, 0) is 16.1 Å². The predicted octanol–water partition coefficient (Wildman–Crippen LogP) is 4.61. The Hall–Kier alpha value is -3.00. The van der Waals surface area contributed by atoms with E-state index in [-0.39, 0.29) is 28.6 Å². The molecule has 0 radical (unpaired) electrons. The summed E-state index contributed by atoms with van der Waals surface area (Å²) in [6.07, 6.45) is 2.37. The first kappa shape index (κ1) is 19.3. The van der Waals surface area contributed by atoms with Crippen molar-refractivity contribution in [3.8, 4) is 5.75 Å². The molecule has 0 saturated heterocycles. The molecule has 0 fully saturated rings. The van der Waals surface area contributed by atoms with E-state index in [4.69, 9.17) is 16.3 Å². The van der Waals surface area contributed by atoms with Gasteiger partial charge in [-0.3, -0.25) is 10.1 Å². The van der Waals surface area contributed by atoms with Crippen molar-refractivity contribution in [1.29, 1.82) is 0 Å². The lowest BCUT2D eigenvalue weighted by Gasteiger charge is -2.10. The molecule has 0 N–H and O–H groups in total. The maximum atomic E-state index is 12.3. The first-order chi connectivity index (χ1) is 12.4. The van der Waals surface area contributed by atoms with E-state index in [0.29, 0.717) is 5.56 Å². The summed E-state index contributed by atoms with van der Waals surface area (Å²) >= 11 is 5.70. The normalized spacial score (nSPS) is 10.9. The van der Waals surface area contributed by atoms with Crippen LogP contribution < -0.4 is 4.74 Å². The number of esters is 1. The second-order valence-corrected chi connectivity index (χ2v) is 5.30. The lowest BCUT2D eigenvalue weighted by atomic mass is 10.2. The van der Waals surface area contributed by atoms with Gasteiger partial charge in [-0.2, -0.15) is 8.78 Å². The van der Waals surface area contributed by atoms with Crippen molar-refractivity contribution in [3.05, 3.63) is 74.8 Å². The van der Waals surface area contributed by atoms with E-state index >= 15 is 0 Å². The third-order valence-corrected chi connectivity index (χ3v) is 3.46.